The second-order valence-corrected chi connectivity index (χ2v) is 6.61. The number of piperazine rings is 1. The highest BCUT2D eigenvalue weighted by molar-refractivity contribution is 5.56. The quantitative estimate of drug-likeness (QED) is 0.920. The first-order chi connectivity index (χ1) is 9.86. The summed E-state index contributed by atoms with van der Waals surface area (Å²) in [7, 11) is 2.16. The molecule has 0 spiro atoms. The second-order valence-electron chi connectivity index (χ2n) is 6.61. The van der Waals surface area contributed by atoms with E-state index in [-0.39, 0.29) is 17.4 Å². The first kappa shape index (κ1) is 16.2. The molecule has 0 bridgehead atoms. The molecule has 2 rings (SSSR count). The van der Waals surface area contributed by atoms with Crippen molar-refractivity contribution < 1.29 is 4.39 Å². The topological polar surface area (TPSA) is 18.5 Å². The third-order valence-corrected chi connectivity index (χ3v) is 4.63. The van der Waals surface area contributed by atoms with Crippen molar-refractivity contribution in [3.8, 4) is 0 Å². The molecule has 1 fully saturated rings. The fourth-order valence-electron chi connectivity index (χ4n) is 3.08. The smallest absolute Gasteiger partial charge is 0.130 e. The summed E-state index contributed by atoms with van der Waals surface area (Å²) in [5, 5.41) is 3.33. The van der Waals surface area contributed by atoms with E-state index >= 15 is 0 Å². The van der Waals surface area contributed by atoms with E-state index in [1.54, 1.807) is 6.07 Å². The van der Waals surface area contributed by atoms with Gasteiger partial charge in [0.05, 0.1) is 0 Å². The van der Waals surface area contributed by atoms with Crippen LogP contribution in [0.3, 0.4) is 0 Å². The van der Waals surface area contributed by atoms with Gasteiger partial charge in [-0.25, -0.2) is 4.39 Å². The molecule has 0 aliphatic carbocycles. The van der Waals surface area contributed by atoms with Gasteiger partial charge in [-0.15, -0.1) is 0 Å². The third kappa shape index (κ3) is 3.38. The van der Waals surface area contributed by atoms with Gasteiger partial charge in [0.2, 0.25) is 0 Å². The maximum atomic E-state index is 14.4. The Hall–Kier alpha value is -1.13. The number of hydrogen-bond donors (Lipinski definition) is 1. The molecule has 1 heterocycles. The number of nitrogens with zero attached hydrogens (tertiary/aromatic N) is 2. The number of likely N-dealkylation sites (N-methyl/N-ethyl adjacent to an activating group) is 1. The number of halogens is 1. The van der Waals surface area contributed by atoms with Crippen LogP contribution in [0.25, 0.3) is 0 Å². The van der Waals surface area contributed by atoms with Gasteiger partial charge in [0, 0.05) is 42.5 Å². The molecule has 118 valence electrons. The van der Waals surface area contributed by atoms with Gasteiger partial charge in [0.25, 0.3) is 0 Å². The zero-order valence-electron chi connectivity index (χ0n) is 13.9. The number of hydrogen-bond acceptors (Lipinski definition) is 3. The fraction of sp³-hybridized carbons (Fsp3) is 0.647. The highest BCUT2D eigenvalue weighted by Crippen LogP contribution is 2.32. The van der Waals surface area contributed by atoms with Crippen LogP contribution < -0.4 is 10.2 Å². The Labute approximate surface area is 128 Å². The summed E-state index contributed by atoms with van der Waals surface area (Å²) < 4.78 is 14.4. The molecule has 0 radical (unpaired) electrons. The third-order valence-electron chi connectivity index (χ3n) is 4.63. The number of rotatable bonds is 4. The number of anilines is 1. The second kappa shape index (κ2) is 6.32. The molecule has 4 heteroatoms. The summed E-state index contributed by atoms with van der Waals surface area (Å²) in [4.78, 5) is 4.70. The van der Waals surface area contributed by atoms with Crippen LogP contribution in [0.1, 0.15) is 39.3 Å². The maximum absolute atomic E-state index is 14.4. The van der Waals surface area contributed by atoms with Crippen LogP contribution in [0.5, 0.6) is 0 Å². The molecule has 0 amide bonds. The first-order valence-electron chi connectivity index (χ1n) is 7.85. The van der Waals surface area contributed by atoms with Gasteiger partial charge < -0.3 is 10.2 Å². The molecule has 3 nitrogen and oxygen atoms in total. The molecule has 1 aromatic rings. The van der Waals surface area contributed by atoms with Gasteiger partial charge in [-0.1, -0.05) is 13.0 Å². The average molecular weight is 293 g/mol. The standard InChI is InChI=1S/C17H28FN3/c1-6-19-13(2)16-14(18)8-7-9-15(16)21-11-10-20(5)17(3,4)12-21/h7-9,13,19H,6,10-12H2,1-5H3. The van der Waals surface area contributed by atoms with Crippen molar-refractivity contribution in [2.45, 2.75) is 39.3 Å². The minimum Gasteiger partial charge on any atom is -0.368 e. The predicted molar refractivity (Wildman–Crippen MR) is 87.4 cm³/mol. The zero-order chi connectivity index (χ0) is 15.6. The maximum Gasteiger partial charge on any atom is 0.130 e. The van der Waals surface area contributed by atoms with E-state index in [2.05, 4.69) is 42.9 Å². The Balaban J connectivity index is 2.33. The summed E-state index contributed by atoms with van der Waals surface area (Å²) in [6, 6.07) is 5.45. The molecular weight excluding hydrogens is 265 g/mol. The van der Waals surface area contributed by atoms with Gasteiger partial charge >= 0.3 is 0 Å². The van der Waals surface area contributed by atoms with Crippen molar-refractivity contribution in [1.29, 1.82) is 0 Å². The van der Waals surface area contributed by atoms with Crippen LogP contribution in [0.15, 0.2) is 18.2 Å². The molecule has 21 heavy (non-hydrogen) atoms. The van der Waals surface area contributed by atoms with Crippen molar-refractivity contribution in [2.24, 2.45) is 0 Å². The van der Waals surface area contributed by atoms with Crippen LogP contribution in [0.4, 0.5) is 10.1 Å². The molecule has 1 aliphatic heterocycles. The largest absolute Gasteiger partial charge is 0.368 e. The summed E-state index contributed by atoms with van der Waals surface area (Å²) in [5.74, 6) is -0.113. The predicted octanol–water partition coefficient (Wildman–Crippen LogP) is 3.03. The summed E-state index contributed by atoms with van der Waals surface area (Å²) in [6.07, 6.45) is 0. The minimum absolute atomic E-state index is 0.0222. The lowest BCUT2D eigenvalue weighted by Crippen LogP contribution is -2.58. The first-order valence-corrected chi connectivity index (χ1v) is 7.85. The lowest BCUT2D eigenvalue weighted by Gasteiger charge is -2.47. The summed E-state index contributed by atoms with van der Waals surface area (Å²) >= 11 is 0. The van der Waals surface area contributed by atoms with Gasteiger partial charge in [-0.2, -0.15) is 0 Å². The van der Waals surface area contributed by atoms with E-state index in [1.165, 1.54) is 0 Å². The molecule has 1 N–H and O–H groups in total. The Morgan fingerprint density at radius 1 is 1.33 bits per heavy atom. The zero-order valence-corrected chi connectivity index (χ0v) is 13.9. The lowest BCUT2D eigenvalue weighted by atomic mass is 9.97. The van der Waals surface area contributed by atoms with Crippen LogP contribution >= 0.6 is 0 Å². The van der Waals surface area contributed by atoms with E-state index in [9.17, 15) is 4.39 Å². The van der Waals surface area contributed by atoms with E-state index in [0.717, 1.165) is 37.4 Å². The van der Waals surface area contributed by atoms with Gasteiger partial charge in [-0.3, -0.25) is 4.90 Å². The van der Waals surface area contributed by atoms with E-state index < -0.39 is 0 Å². The molecule has 1 saturated heterocycles. The highest BCUT2D eigenvalue weighted by Gasteiger charge is 2.32. The van der Waals surface area contributed by atoms with E-state index in [0.29, 0.717) is 0 Å². The van der Waals surface area contributed by atoms with Gasteiger partial charge in [0.1, 0.15) is 5.82 Å². The lowest BCUT2D eigenvalue weighted by molar-refractivity contribution is 0.138. The molecule has 0 aromatic heterocycles. The molecule has 1 atom stereocenters. The number of benzene rings is 1. The molecular formula is C17H28FN3. The van der Waals surface area contributed by atoms with Crippen LogP contribution in [0.2, 0.25) is 0 Å². The van der Waals surface area contributed by atoms with Crippen LogP contribution in [0, 0.1) is 5.82 Å². The van der Waals surface area contributed by atoms with Gasteiger partial charge in [0.15, 0.2) is 0 Å². The van der Waals surface area contributed by atoms with Gasteiger partial charge in [-0.05, 0) is 46.5 Å². The monoisotopic (exact) mass is 293 g/mol. The fourth-order valence-corrected chi connectivity index (χ4v) is 3.08. The van der Waals surface area contributed by atoms with Crippen molar-refractivity contribution in [2.75, 3.05) is 38.1 Å². The van der Waals surface area contributed by atoms with E-state index in [4.69, 9.17) is 0 Å². The van der Waals surface area contributed by atoms with Crippen LogP contribution in [-0.2, 0) is 0 Å². The SMILES string of the molecule is CCNC(C)c1c(F)cccc1N1CCN(C)C(C)(C)C1. The summed E-state index contributed by atoms with van der Waals surface area (Å²) in [5.41, 5.74) is 1.92. The molecule has 1 aliphatic rings. The Kier molecular flexibility index (Phi) is 4.89. The van der Waals surface area contributed by atoms with Crippen molar-refractivity contribution in [3.63, 3.8) is 0 Å². The molecule has 1 aromatic carbocycles. The Bertz CT molecular complexity index is 487. The van der Waals surface area contributed by atoms with E-state index in [1.807, 2.05) is 19.1 Å². The highest BCUT2D eigenvalue weighted by atomic mass is 19.1. The Morgan fingerprint density at radius 3 is 2.67 bits per heavy atom. The van der Waals surface area contributed by atoms with Crippen molar-refractivity contribution >= 4 is 5.69 Å². The van der Waals surface area contributed by atoms with Crippen molar-refractivity contribution in [1.82, 2.24) is 10.2 Å². The molecule has 0 saturated carbocycles. The number of nitrogens with one attached hydrogen (secondary N) is 1. The normalized spacial score (nSPS) is 20.6. The minimum atomic E-state index is -0.113. The van der Waals surface area contributed by atoms with Crippen LogP contribution in [-0.4, -0.2) is 43.7 Å². The van der Waals surface area contributed by atoms with Crippen molar-refractivity contribution in [3.05, 3.63) is 29.6 Å². The average Bonchev–Trinajstić information content (AvgIpc) is 2.41. The Morgan fingerprint density at radius 2 is 2.05 bits per heavy atom. The summed E-state index contributed by atoms with van der Waals surface area (Å²) in [6.45, 7) is 12.3. The molecule has 1 unspecified atom stereocenters.